The first-order chi connectivity index (χ1) is 15.4. The molecule has 0 aliphatic heterocycles. The van der Waals surface area contributed by atoms with E-state index in [1.807, 2.05) is 12.1 Å². The Balaban J connectivity index is 2.38. The number of amides is 2. The molecule has 0 saturated carbocycles. The number of primary amides is 1. The molecule has 32 heavy (non-hydrogen) atoms. The molecule has 0 aliphatic carbocycles. The van der Waals surface area contributed by atoms with Crippen molar-refractivity contribution in [3.05, 3.63) is 71.8 Å². The number of hydrogen-bond donors (Lipinski definition) is 2. The number of esters is 2. The summed E-state index contributed by atoms with van der Waals surface area (Å²) in [6.45, 7) is 3.35. The highest BCUT2D eigenvalue weighted by Gasteiger charge is 2.38. The second kappa shape index (κ2) is 12.2. The summed E-state index contributed by atoms with van der Waals surface area (Å²) < 4.78 is 9.93. The third kappa shape index (κ3) is 6.66. The molecular formula is C24H28N2O6. The average Bonchev–Trinajstić information content (AvgIpc) is 2.78. The van der Waals surface area contributed by atoms with E-state index in [-0.39, 0.29) is 13.2 Å². The quantitative estimate of drug-likeness (QED) is 0.515. The normalized spacial score (nSPS) is 12.5. The lowest BCUT2D eigenvalue weighted by atomic mass is 9.89. The summed E-state index contributed by atoms with van der Waals surface area (Å²) in [6, 6.07) is 16.5. The van der Waals surface area contributed by atoms with Crippen molar-refractivity contribution in [2.24, 2.45) is 11.7 Å². The number of carbonyl (C=O) groups excluding carboxylic acids is 4. The van der Waals surface area contributed by atoms with Crippen LogP contribution in [0.5, 0.6) is 0 Å². The standard InChI is InChI=1S/C24H28N2O6/c1-3-31-19(27)15-18(24(30)32-4-2)21(22(25)28)26-23(29)20(16-11-7-5-8-12-16)17-13-9-6-10-14-17/h5-14,18,20-21H,3-4,15H2,1-2H3,(H2,25,28)(H,26,29)/t18-,21+/m0/s1. The number of rotatable bonds is 11. The number of carbonyl (C=O) groups is 4. The van der Waals surface area contributed by atoms with Gasteiger partial charge in [0.15, 0.2) is 0 Å². The molecule has 2 atom stereocenters. The van der Waals surface area contributed by atoms with E-state index in [9.17, 15) is 19.2 Å². The molecule has 0 fully saturated rings. The molecule has 0 heterocycles. The second-order valence-corrected chi connectivity index (χ2v) is 7.01. The van der Waals surface area contributed by atoms with Crippen molar-refractivity contribution in [1.82, 2.24) is 5.32 Å². The molecule has 2 rings (SSSR count). The van der Waals surface area contributed by atoms with E-state index >= 15 is 0 Å². The zero-order valence-electron chi connectivity index (χ0n) is 18.2. The lowest BCUT2D eigenvalue weighted by Gasteiger charge is -2.26. The Labute approximate surface area is 187 Å². The number of ether oxygens (including phenoxy) is 2. The van der Waals surface area contributed by atoms with Crippen LogP contribution in [0, 0.1) is 5.92 Å². The molecule has 2 aromatic rings. The van der Waals surface area contributed by atoms with Crippen molar-refractivity contribution in [2.45, 2.75) is 32.2 Å². The molecule has 8 nitrogen and oxygen atoms in total. The first-order valence-electron chi connectivity index (χ1n) is 10.4. The Morgan fingerprint density at radius 1 is 0.844 bits per heavy atom. The summed E-state index contributed by atoms with van der Waals surface area (Å²) in [5, 5.41) is 2.58. The summed E-state index contributed by atoms with van der Waals surface area (Å²) >= 11 is 0. The Bertz CT molecular complexity index is 877. The highest BCUT2D eigenvalue weighted by atomic mass is 16.5. The van der Waals surface area contributed by atoms with Crippen LogP contribution in [-0.4, -0.2) is 43.0 Å². The van der Waals surface area contributed by atoms with Gasteiger partial charge in [-0.25, -0.2) is 0 Å². The molecule has 0 saturated heterocycles. The Morgan fingerprint density at radius 2 is 1.34 bits per heavy atom. The smallest absolute Gasteiger partial charge is 0.312 e. The predicted octanol–water partition coefficient (Wildman–Crippen LogP) is 1.92. The fourth-order valence-electron chi connectivity index (χ4n) is 3.38. The largest absolute Gasteiger partial charge is 0.466 e. The molecule has 0 bridgehead atoms. The zero-order chi connectivity index (χ0) is 23.5. The van der Waals surface area contributed by atoms with E-state index < -0.39 is 48.1 Å². The molecule has 0 unspecified atom stereocenters. The molecular weight excluding hydrogens is 412 g/mol. The van der Waals surface area contributed by atoms with Crippen molar-refractivity contribution in [3.63, 3.8) is 0 Å². The van der Waals surface area contributed by atoms with Gasteiger partial charge in [0, 0.05) is 0 Å². The Morgan fingerprint density at radius 3 is 1.78 bits per heavy atom. The van der Waals surface area contributed by atoms with Crippen molar-refractivity contribution in [3.8, 4) is 0 Å². The predicted molar refractivity (Wildman–Crippen MR) is 117 cm³/mol. The average molecular weight is 440 g/mol. The van der Waals surface area contributed by atoms with Gasteiger partial charge in [0.2, 0.25) is 11.8 Å². The van der Waals surface area contributed by atoms with Crippen LogP contribution in [0.4, 0.5) is 0 Å². The van der Waals surface area contributed by atoms with Crippen LogP contribution >= 0.6 is 0 Å². The lowest BCUT2D eigenvalue weighted by molar-refractivity contribution is -0.157. The third-order valence-corrected chi connectivity index (χ3v) is 4.82. The number of nitrogens with one attached hydrogen (secondary N) is 1. The molecule has 0 radical (unpaired) electrons. The van der Waals surface area contributed by atoms with Gasteiger partial charge in [-0.05, 0) is 25.0 Å². The van der Waals surface area contributed by atoms with Gasteiger partial charge >= 0.3 is 11.9 Å². The van der Waals surface area contributed by atoms with E-state index in [1.54, 1.807) is 62.4 Å². The highest BCUT2D eigenvalue weighted by molar-refractivity contribution is 5.95. The maximum Gasteiger partial charge on any atom is 0.312 e. The first-order valence-corrected chi connectivity index (χ1v) is 10.4. The molecule has 8 heteroatoms. The monoisotopic (exact) mass is 440 g/mol. The number of benzene rings is 2. The van der Waals surface area contributed by atoms with Crippen LogP contribution < -0.4 is 11.1 Å². The second-order valence-electron chi connectivity index (χ2n) is 7.01. The van der Waals surface area contributed by atoms with Crippen LogP contribution in [0.15, 0.2) is 60.7 Å². The van der Waals surface area contributed by atoms with E-state index in [1.165, 1.54) is 0 Å². The van der Waals surface area contributed by atoms with Gasteiger partial charge < -0.3 is 20.5 Å². The fraction of sp³-hybridized carbons (Fsp3) is 0.333. The zero-order valence-corrected chi connectivity index (χ0v) is 18.2. The van der Waals surface area contributed by atoms with E-state index in [2.05, 4.69) is 5.32 Å². The van der Waals surface area contributed by atoms with E-state index in [0.29, 0.717) is 11.1 Å². The van der Waals surface area contributed by atoms with Gasteiger partial charge in [-0.2, -0.15) is 0 Å². The molecule has 0 aliphatic rings. The molecule has 0 spiro atoms. The third-order valence-electron chi connectivity index (χ3n) is 4.82. The van der Waals surface area contributed by atoms with Gasteiger partial charge in [0.1, 0.15) is 6.04 Å². The van der Waals surface area contributed by atoms with Crippen molar-refractivity contribution in [2.75, 3.05) is 13.2 Å². The van der Waals surface area contributed by atoms with E-state index in [4.69, 9.17) is 15.2 Å². The number of hydrogen-bond acceptors (Lipinski definition) is 6. The van der Waals surface area contributed by atoms with Crippen LogP contribution in [0.3, 0.4) is 0 Å². The van der Waals surface area contributed by atoms with Crippen LogP contribution in [0.1, 0.15) is 37.3 Å². The SMILES string of the molecule is CCOC(=O)C[C@H](C(=O)OCC)[C@@H](NC(=O)C(c1ccccc1)c1ccccc1)C(N)=O. The fourth-order valence-corrected chi connectivity index (χ4v) is 3.38. The summed E-state index contributed by atoms with van der Waals surface area (Å²) in [4.78, 5) is 50.2. The summed E-state index contributed by atoms with van der Waals surface area (Å²) in [7, 11) is 0. The van der Waals surface area contributed by atoms with Crippen molar-refractivity contribution >= 4 is 23.8 Å². The molecule has 2 aromatic carbocycles. The summed E-state index contributed by atoms with van der Waals surface area (Å²) in [5.74, 6) is -5.09. The van der Waals surface area contributed by atoms with Gasteiger partial charge in [0.25, 0.3) is 0 Å². The van der Waals surface area contributed by atoms with Crippen LogP contribution in [0.2, 0.25) is 0 Å². The molecule has 2 amide bonds. The minimum absolute atomic E-state index is 0.0360. The van der Waals surface area contributed by atoms with Gasteiger partial charge in [-0.1, -0.05) is 60.7 Å². The number of nitrogens with two attached hydrogens (primary N) is 1. The molecule has 0 aromatic heterocycles. The van der Waals surface area contributed by atoms with Gasteiger partial charge in [-0.15, -0.1) is 0 Å². The minimum Gasteiger partial charge on any atom is -0.466 e. The Hall–Kier alpha value is -3.68. The maximum atomic E-state index is 13.4. The maximum absolute atomic E-state index is 13.4. The summed E-state index contributed by atoms with van der Waals surface area (Å²) in [6.07, 6.45) is -0.456. The van der Waals surface area contributed by atoms with Crippen molar-refractivity contribution < 1.29 is 28.7 Å². The minimum atomic E-state index is -1.46. The highest BCUT2D eigenvalue weighted by Crippen LogP contribution is 2.25. The van der Waals surface area contributed by atoms with Gasteiger partial charge in [-0.3, -0.25) is 19.2 Å². The first kappa shape index (κ1) is 24.6. The summed E-state index contributed by atoms with van der Waals surface area (Å²) in [5.41, 5.74) is 6.92. The topological polar surface area (TPSA) is 125 Å². The van der Waals surface area contributed by atoms with Crippen molar-refractivity contribution in [1.29, 1.82) is 0 Å². The lowest BCUT2D eigenvalue weighted by Crippen LogP contribution is -2.53. The van der Waals surface area contributed by atoms with Crippen LogP contribution in [-0.2, 0) is 28.7 Å². The van der Waals surface area contributed by atoms with Crippen LogP contribution in [0.25, 0.3) is 0 Å². The Kier molecular flexibility index (Phi) is 9.41. The van der Waals surface area contributed by atoms with E-state index in [0.717, 1.165) is 0 Å². The molecule has 170 valence electrons. The van der Waals surface area contributed by atoms with Gasteiger partial charge in [0.05, 0.1) is 31.5 Å². The molecule has 3 N–H and O–H groups in total.